The third-order valence-electron chi connectivity index (χ3n) is 4.75. The Labute approximate surface area is 137 Å². The second-order valence-electron chi connectivity index (χ2n) is 6.38. The van der Waals surface area contributed by atoms with Crippen LogP contribution in [0.4, 0.5) is 14.5 Å². The van der Waals surface area contributed by atoms with Crippen LogP contribution in [-0.4, -0.2) is 33.6 Å². The SMILES string of the molecule is Cc1cnc2c(c1N1CCCC(C(F)F)C1)c(=O)n(C)c(=O)n2C. The van der Waals surface area contributed by atoms with Crippen molar-refractivity contribution in [3.8, 4) is 0 Å². The first kappa shape index (κ1) is 16.6. The van der Waals surface area contributed by atoms with Gasteiger partial charge in [0.1, 0.15) is 5.39 Å². The second kappa shape index (κ2) is 5.99. The Kier molecular flexibility index (Phi) is 4.15. The van der Waals surface area contributed by atoms with Crippen molar-refractivity contribution in [2.45, 2.75) is 26.2 Å². The minimum atomic E-state index is -2.38. The van der Waals surface area contributed by atoms with Crippen LogP contribution in [0, 0.1) is 12.8 Å². The zero-order valence-corrected chi connectivity index (χ0v) is 13.9. The highest BCUT2D eigenvalue weighted by atomic mass is 19.3. The fourth-order valence-electron chi connectivity index (χ4n) is 3.43. The highest BCUT2D eigenvalue weighted by molar-refractivity contribution is 5.90. The second-order valence-corrected chi connectivity index (χ2v) is 6.38. The number of anilines is 1. The topological polar surface area (TPSA) is 60.1 Å². The summed E-state index contributed by atoms with van der Waals surface area (Å²) in [5.74, 6) is -0.710. The van der Waals surface area contributed by atoms with Gasteiger partial charge in [-0.2, -0.15) is 0 Å². The molecule has 0 N–H and O–H groups in total. The van der Waals surface area contributed by atoms with Gasteiger partial charge >= 0.3 is 5.69 Å². The lowest BCUT2D eigenvalue weighted by Crippen LogP contribution is -2.41. The maximum atomic E-state index is 13.1. The van der Waals surface area contributed by atoms with E-state index >= 15 is 0 Å². The van der Waals surface area contributed by atoms with E-state index in [4.69, 9.17) is 0 Å². The number of aromatic nitrogens is 3. The highest BCUT2D eigenvalue weighted by Gasteiger charge is 2.29. The average molecular weight is 338 g/mol. The molecular formula is C16H20F2N4O2. The van der Waals surface area contributed by atoms with Gasteiger partial charge in [-0.1, -0.05) is 0 Å². The molecule has 0 aromatic carbocycles. The van der Waals surface area contributed by atoms with Gasteiger partial charge in [0.15, 0.2) is 5.65 Å². The summed E-state index contributed by atoms with van der Waals surface area (Å²) in [6, 6.07) is 0. The zero-order chi connectivity index (χ0) is 17.6. The van der Waals surface area contributed by atoms with Gasteiger partial charge in [-0.15, -0.1) is 0 Å². The van der Waals surface area contributed by atoms with Crippen molar-refractivity contribution >= 4 is 16.7 Å². The number of pyridine rings is 1. The van der Waals surface area contributed by atoms with Crippen molar-refractivity contribution in [3.05, 3.63) is 32.6 Å². The molecule has 6 nitrogen and oxygen atoms in total. The van der Waals surface area contributed by atoms with Crippen molar-refractivity contribution < 1.29 is 8.78 Å². The van der Waals surface area contributed by atoms with Gasteiger partial charge in [-0.25, -0.2) is 18.6 Å². The summed E-state index contributed by atoms with van der Waals surface area (Å²) in [6.45, 7) is 2.61. The number of nitrogens with zero attached hydrogens (tertiary/aromatic N) is 4. The van der Waals surface area contributed by atoms with E-state index in [1.807, 2.05) is 4.90 Å². The van der Waals surface area contributed by atoms with Crippen LogP contribution in [0.1, 0.15) is 18.4 Å². The molecule has 8 heteroatoms. The molecule has 3 heterocycles. The first-order chi connectivity index (χ1) is 11.3. The maximum Gasteiger partial charge on any atom is 0.332 e. The summed E-state index contributed by atoms with van der Waals surface area (Å²) in [5.41, 5.74) is 0.731. The standard InChI is InChI=1S/C16H20F2N4O2/c1-9-7-19-14-11(15(23)21(3)16(24)20(14)2)12(9)22-6-4-5-10(8-22)13(17)18/h7,10,13H,4-6,8H2,1-3H3. The molecule has 130 valence electrons. The summed E-state index contributed by atoms with van der Waals surface area (Å²) in [7, 11) is 2.96. The van der Waals surface area contributed by atoms with Crippen molar-refractivity contribution in [2.24, 2.45) is 20.0 Å². The molecule has 2 aromatic rings. The molecule has 0 spiro atoms. The molecule has 0 radical (unpaired) electrons. The van der Waals surface area contributed by atoms with Crippen LogP contribution in [0.5, 0.6) is 0 Å². The van der Waals surface area contributed by atoms with E-state index in [0.29, 0.717) is 30.5 Å². The van der Waals surface area contributed by atoms with Crippen LogP contribution in [0.25, 0.3) is 11.0 Å². The quantitative estimate of drug-likeness (QED) is 0.831. The minimum absolute atomic E-state index is 0.198. The van der Waals surface area contributed by atoms with Gasteiger partial charge in [-0.3, -0.25) is 13.9 Å². The van der Waals surface area contributed by atoms with Crippen LogP contribution in [0.3, 0.4) is 0 Å². The summed E-state index contributed by atoms with van der Waals surface area (Å²) in [4.78, 5) is 30.8. The van der Waals surface area contributed by atoms with Gasteiger partial charge in [0.25, 0.3) is 5.56 Å². The Bertz CT molecular complexity index is 904. The summed E-state index contributed by atoms with van der Waals surface area (Å²) in [6.07, 6.45) is 0.327. The molecule has 2 aromatic heterocycles. The van der Waals surface area contributed by atoms with Crippen LogP contribution >= 0.6 is 0 Å². The predicted molar refractivity (Wildman–Crippen MR) is 87.9 cm³/mol. The number of hydrogen-bond donors (Lipinski definition) is 0. The molecule has 1 saturated heterocycles. The monoisotopic (exact) mass is 338 g/mol. The molecule has 1 aliphatic rings. The fraction of sp³-hybridized carbons (Fsp3) is 0.562. The molecule has 1 aliphatic heterocycles. The largest absolute Gasteiger partial charge is 0.370 e. The Morgan fingerprint density at radius 1 is 1.25 bits per heavy atom. The molecule has 0 aliphatic carbocycles. The lowest BCUT2D eigenvalue weighted by molar-refractivity contribution is 0.0687. The van der Waals surface area contributed by atoms with Gasteiger partial charge in [0, 0.05) is 39.3 Å². The Morgan fingerprint density at radius 2 is 1.96 bits per heavy atom. The lowest BCUT2D eigenvalue weighted by Gasteiger charge is -2.35. The van der Waals surface area contributed by atoms with Crippen LogP contribution < -0.4 is 16.1 Å². The van der Waals surface area contributed by atoms with Gasteiger partial charge in [-0.05, 0) is 25.3 Å². The van der Waals surface area contributed by atoms with Gasteiger partial charge in [0.05, 0.1) is 5.69 Å². The van der Waals surface area contributed by atoms with Crippen molar-refractivity contribution in [1.29, 1.82) is 0 Å². The number of halogens is 2. The molecule has 0 saturated carbocycles. The molecule has 24 heavy (non-hydrogen) atoms. The molecular weight excluding hydrogens is 318 g/mol. The van der Waals surface area contributed by atoms with E-state index < -0.39 is 23.6 Å². The number of rotatable bonds is 2. The molecule has 0 amide bonds. The first-order valence-electron chi connectivity index (χ1n) is 7.91. The number of hydrogen-bond acceptors (Lipinski definition) is 4. The summed E-state index contributed by atoms with van der Waals surface area (Å²) < 4.78 is 28.6. The van der Waals surface area contributed by atoms with Gasteiger partial charge < -0.3 is 4.90 Å². The number of piperidine rings is 1. The van der Waals surface area contributed by atoms with Crippen molar-refractivity contribution in [2.75, 3.05) is 18.0 Å². The van der Waals surface area contributed by atoms with E-state index in [1.54, 1.807) is 20.2 Å². The Balaban J connectivity index is 2.26. The zero-order valence-electron chi connectivity index (χ0n) is 13.9. The highest BCUT2D eigenvalue weighted by Crippen LogP contribution is 2.32. The van der Waals surface area contributed by atoms with Crippen molar-refractivity contribution in [3.63, 3.8) is 0 Å². The smallest absolute Gasteiger partial charge is 0.332 e. The molecule has 0 bridgehead atoms. The van der Waals surface area contributed by atoms with E-state index in [9.17, 15) is 18.4 Å². The predicted octanol–water partition coefficient (Wildman–Crippen LogP) is 1.42. The van der Waals surface area contributed by atoms with Crippen LogP contribution in [0.15, 0.2) is 15.8 Å². The van der Waals surface area contributed by atoms with E-state index in [0.717, 1.165) is 10.1 Å². The molecule has 1 unspecified atom stereocenters. The minimum Gasteiger partial charge on any atom is -0.370 e. The van der Waals surface area contributed by atoms with E-state index in [-0.39, 0.29) is 12.2 Å². The van der Waals surface area contributed by atoms with Gasteiger partial charge in [0.2, 0.25) is 6.43 Å². The Morgan fingerprint density at radius 3 is 2.62 bits per heavy atom. The van der Waals surface area contributed by atoms with Crippen molar-refractivity contribution in [1.82, 2.24) is 14.1 Å². The van der Waals surface area contributed by atoms with E-state index in [2.05, 4.69) is 4.98 Å². The maximum absolute atomic E-state index is 13.1. The number of aryl methyl sites for hydroxylation is 2. The van der Waals surface area contributed by atoms with E-state index in [1.165, 1.54) is 11.6 Å². The Hall–Kier alpha value is -2.25. The lowest BCUT2D eigenvalue weighted by atomic mass is 9.97. The summed E-state index contributed by atoms with van der Waals surface area (Å²) in [5, 5.41) is 0.314. The molecule has 1 fully saturated rings. The fourth-order valence-corrected chi connectivity index (χ4v) is 3.43. The first-order valence-corrected chi connectivity index (χ1v) is 7.91. The third-order valence-corrected chi connectivity index (χ3v) is 4.75. The van der Waals surface area contributed by atoms with Crippen LogP contribution in [0.2, 0.25) is 0 Å². The molecule has 1 atom stereocenters. The normalized spacial score (nSPS) is 18.6. The number of fused-ring (bicyclic) bond motifs is 1. The average Bonchev–Trinajstić information content (AvgIpc) is 2.57. The summed E-state index contributed by atoms with van der Waals surface area (Å²) >= 11 is 0. The van der Waals surface area contributed by atoms with Crippen LogP contribution in [-0.2, 0) is 14.1 Å². The number of alkyl halides is 2. The third kappa shape index (κ3) is 2.50. The molecule has 3 rings (SSSR count).